The number of hydrogen-bond acceptors (Lipinski definition) is 1. The van der Waals surface area contributed by atoms with E-state index in [0.717, 1.165) is 0 Å². The van der Waals surface area contributed by atoms with Crippen LogP contribution in [0, 0.1) is 5.82 Å². The Morgan fingerprint density at radius 3 is 2.26 bits per heavy atom. The number of halogens is 4. The zero-order valence-corrected chi connectivity index (χ0v) is 12.2. The smallest absolute Gasteiger partial charge is 0.165 e. The first-order valence-corrected chi connectivity index (χ1v) is 6.65. The molecule has 1 nitrogen and oxygen atoms in total. The van der Waals surface area contributed by atoms with Gasteiger partial charge >= 0.3 is 0 Å². The second-order valence-corrected chi connectivity index (χ2v) is 5.14. The molecule has 0 heterocycles. The summed E-state index contributed by atoms with van der Waals surface area (Å²) in [5, 5.41) is 0.272. The minimum absolute atomic E-state index is 0.165. The van der Waals surface area contributed by atoms with Crippen LogP contribution in [0.5, 0.6) is 5.75 Å². The standard InChI is InChI=1S/C14H10Cl3FO/c1-19-12-6-5-8(7-11(12)18)14(17)13-9(15)3-2-4-10(13)16/h2-7,14H,1H3. The van der Waals surface area contributed by atoms with Crippen LogP contribution < -0.4 is 4.74 Å². The van der Waals surface area contributed by atoms with Gasteiger partial charge in [0.15, 0.2) is 11.6 Å². The van der Waals surface area contributed by atoms with E-state index in [1.165, 1.54) is 19.2 Å². The van der Waals surface area contributed by atoms with Crippen molar-refractivity contribution in [2.45, 2.75) is 5.38 Å². The summed E-state index contributed by atoms with van der Waals surface area (Å²) < 4.78 is 18.5. The van der Waals surface area contributed by atoms with Crippen LogP contribution in [-0.2, 0) is 0 Å². The Morgan fingerprint density at radius 2 is 1.74 bits per heavy atom. The van der Waals surface area contributed by atoms with Gasteiger partial charge in [-0.1, -0.05) is 35.3 Å². The van der Waals surface area contributed by atoms with E-state index < -0.39 is 11.2 Å². The van der Waals surface area contributed by atoms with E-state index in [2.05, 4.69) is 0 Å². The van der Waals surface area contributed by atoms with Crippen LogP contribution in [0.25, 0.3) is 0 Å². The van der Waals surface area contributed by atoms with Gasteiger partial charge in [0.2, 0.25) is 0 Å². The molecule has 0 saturated carbocycles. The summed E-state index contributed by atoms with van der Waals surface area (Å²) in [7, 11) is 1.40. The molecule has 0 N–H and O–H groups in total. The van der Waals surface area contributed by atoms with Crippen LogP contribution in [-0.4, -0.2) is 7.11 Å². The van der Waals surface area contributed by atoms with Gasteiger partial charge in [-0.15, -0.1) is 11.6 Å². The van der Waals surface area contributed by atoms with Crippen molar-refractivity contribution >= 4 is 34.8 Å². The SMILES string of the molecule is COc1ccc(C(Cl)c2c(Cl)cccc2Cl)cc1F. The van der Waals surface area contributed by atoms with Crippen LogP contribution in [0.1, 0.15) is 16.5 Å². The Labute approximate surface area is 125 Å². The fraction of sp³-hybridized carbons (Fsp3) is 0.143. The fourth-order valence-corrected chi connectivity index (χ4v) is 2.86. The monoisotopic (exact) mass is 318 g/mol. The van der Waals surface area contributed by atoms with Crippen molar-refractivity contribution in [3.8, 4) is 5.75 Å². The number of ether oxygens (including phenoxy) is 1. The molecule has 0 aliphatic carbocycles. The topological polar surface area (TPSA) is 9.23 Å². The lowest BCUT2D eigenvalue weighted by atomic mass is 10.0. The molecule has 5 heteroatoms. The zero-order valence-electron chi connectivity index (χ0n) is 9.96. The van der Waals surface area contributed by atoms with Crippen LogP contribution >= 0.6 is 34.8 Å². The minimum atomic E-state index is -0.624. The van der Waals surface area contributed by atoms with Crippen molar-refractivity contribution in [2.24, 2.45) is 0 Å². The molecule has 0 bridgehead atoms. The summed E-state index contributed by atoms with van der Waals surface area (Å²) >= 11 is 18.5. The fourth-order valence-electron chi connectivity index (χ4n) is 1.76. The van der Waals surface area contributed by atoms with Crippen molar-refractivity contribution in [2.75, 3.05) is 7.11 Å². The molecular formula is C14H10Cl3FO. The summed E-state index contributed by atoms with van der Waals surface area (Å²) in [6.45, 7) is 0. The van der Waals surface area contributed by atoms with Crippen LogP contribution in [0.4, 0.5) is 4.39 Å². The molecule has 2 aromatic rings. The highest BCUT2D eigenvalue weighted by Crippen LogP contribution is 2.39. The zero-order chi connectivity index (χ0) is 14.0. The van der Waals surface area contributed by atoms with Gasteiger partial charge in [0.05, 0.1) is 12.5 Å². The lowest BCUT2D eigenvalue weighted by Crippen LogP contribution is -1.97. The maximum atomic E-state index is 13.7. The number of alkyl halides is 1. The molecular weight excluding hydrogens is 310 g/mol. The summed E-state index contributed by atoms with van der Waals surface area (Å²) in [5.41, 5.74) is 1.13. The summed E-state index contributed by atoms with van der Waals surface area (Å²) in [5.74, 6) is -0.313. The predicted octanol–water partition coefficient (Wildman–Crippen LogP) is 5.47. The van der Waals surface area contributed by atoms with E-state index in [4.69, 9.17) is 39.5 Å². The predicted molar refractivity (Wildman–Crippen MR) is 77.1 cm³/mol. The average Bonchev–Trinajstić information content (AvgIpc) is 2.38. The summed E-state index contributed by atoms with van der Waals surface area (Å²) in [6, 6.07) is 9.63. The molecule has 1 atom stereocenters. The van der Waals surface area contributed by atoms with Gasteiger partial charge < -0.3 is 4.74 Å². The lowest BCUT2D eigenvalue weighted by Gasteiger charge is -2.14. The van der Waals surface area contributed by atoms with Crippen LogP contribution in [0.2, 0.25) is 10.0 Å². The van der Waals surface area contributed by atoms with E-state index in [9.17, 15) is 4.39 Å². The largest absolute Gasteiger partial charge is 0.494 e. The molecule has 19 heavy (non-hydrogen) atoms. The molecule has 100 valence electrons. The van der Waals surface area contributed by atoms with Gasteiger partial charge in [0.25, 0.3) is 0 Å². The number of hydrogen-bond donors (Lipinski definition) is 0. The molecule has 0 aliphatic rings. The van der Waals surface area contributed by atoms with Crippen molar-refractivity contribution < 1.29 is 9.13 Å². The Hall–Kier alpha value is -0.960. The number of methoxy groups -OCH3 is 1. The molecule has 0 amide bonds. The van der Waals surface area contributed by atoms with E-state index in [0.29, 0.717) is 21.2 Å². The van der Waals surface area contributed by atoms with E-state index >= 15 is 0 Å². The highest BCUT2D eigenvalue weighted by Gasteiger charge is 2.19. The van der Waals surface area contributed by atoms with Gasteiger partial charge in [-0.25, -0.2) is 4.39 Å². The Balaban J connectivity index is 2.44. The summed E-state index contributed by atoms with van der Waals surface area (Å²) in [4.78, 5) is 0. The molecule has 0 aliphatic heterocycles. The van der Waals surface area contributed by atoms with Crippen molar-refractivity contribution in [3.63, 3.8) is 0 Å². The maximum absolute atomic E-state index is 13.7. The van der Waals surface area contributed by atoms with Gasteiger partial charge in [-0.05, 0) is 29.8 Å². The van der Waals surface area contributed by atoms with E-state index in [1.54, 1.807) is 24.3 Å². The van der Waals surface area contributed by atoms with Gasteiger partial charge in [0.1, 0.15) is 0 Å². The first kappa shape index (κ1) is 14.4. The van der Waals surface area contributed by atoms with Gasteiger partial charge in [0, 0.05) is 15.6 Å². The molecule has 0 saturated heterocycles. The third kappa shape index (κ3) is 2.97. The number of rotatable bonds is 3. The van der Waals surface area contributed by atoms with E-state index in [-0.39, 0.29) is 5.75 Å². The molecule has 2 rings (SSSR count). The third-order valence-electron chi connectivity index (χ3n) is 2.72. The second kappa shape index (κ2) is 6.00. The van der Waals surface area contributed by atoms with E-state index in [1.807, 2.05) is 0 Å². The van der Waals surface area contributed by atoms with Crippen LogP contribution in [0.3, 0.4) is 0 Å². The highest BCUT2D eigenvalue weighted by molar-refractivity contribution is 6.38. The quantitative estimate of drug-likeness (QED) is 0.682. The molecule has 0 fully saturated rings. The van der Waals surface area contributed by atoms with Gasteiger partial charge in [-0.3, -0.25) is 0 Å². The highest BCUT2D eigenvalue weighted by atomic mass is 35.5. The Morgan fingerprint density at radius 1 is 1.11 bits per heavy atom. The van der Waals surface area contributed by atoms with Crippen molar-refractivity contribution in [1.82, 2.24) is 0 Å². The van der Waals surface area contributed by atoms with Crippen molar-refractivity contribution in [3.05, 3.63) is 63.4 Å². The van der Waals surface area contributed by atoms with Gasteiger partial charge in [-0.2, -0.15) is 0 Å². The lowest BCUT2D eigenvalue weighted by molar-refractivity contribution is 0.386. The first-order chi connectivity index (χ1) is 9.04. The second-order valence-electron chi connectivity index (χ2n) is 3.89. The van der Waals surface area contributed by atoms with Crippen LogP contribution in [0.15, 0.2) is 36.4 Å². The molecule has 0 radical (unpaired) electrons. The normalized spacial score (nSPS) is 12.3. The summed E-state index contributed by atoms with van der Waals surface area (Å²) in [6.07, 6.45) is 0. The molecule has 0 spiro atoms. The molecule has 1 unspecified atom stereocenters. The minimum Gasteiger partial charge on any atom is -0.494 e. The van der Waals surface area contributed by atoms with Crippen molar-refractivity contribution in [1.29, 1.82) is 0 Å². The molecule has 2 aromatic carbocycles. The molecule has 0 aromatic heterocycles. The number of benzene rings is 2. The Kier molecular flexibility index (Phi) is 4.56. The Bertz CT molecular complexity index is 581. The first-order valence-electron chi connectivity index (χ1n) is 5.46. The maximum Gasteiger partial charge on any atom is 0.165 e. The average molecular weight is 320 g/mol. The third-order valence-corrected chi connectivity index (χ3v) is 3.85.